The Bertz CT molecular complexity index is 171. The molecule has 15 heavy (non-hydrogen) atoms. The van der Waals surface area contributed by atoms with Gasteiger partial charge in [-0.15, -0.1) is 0 Å². The fourth-order valence-electron chi connectivity index (χ4n) is 1.85. The van der Waals surface area contributed by atoms with E-state index >= 15 is 0 Å². The number of likely N-dealkylation sites (N-methyl/N-ethyl adjacent to an activating group) is 1. The summed E-state index contributed by atoms with van der Waals surface area (Å²) in [4.78, 5) is 2.29. The zero-order chi connectivity index (χ0) is 11.3. The first-order valence-corrected chi connectivity index (χ1v) is 5.39. The number of halogens is 2. The molecule has 0 aromatic rings. The molecule has 1 rings (SSSR count). The predicted molar refractivity (Wildman–Crippen MR) is 55.3 cm³/mol. The minimum absolute atomic E-state index is 0.360. The average Bonchev–Trinajstić information content (AvgIpc) is 2.45. The molecule has 1 saturated heterocycles. The summed E-state index contributed by atoms with van der Waals surface area (Å²) in [5, 5.41) is 3.30. The summed E-state index contributed by atoms with van der Waals surface area (Å²) in [5.74, 6) is 0. The van der Waals surface area contributed by atoms with E-state index in [1.54, 1.807) is 0 Å². The van der Waals surface area contributed by atoms with E-state index in [2.05, 4.69) is 24.2 Å². The van der Waals surface area contributed by atoms with Crippen LogP contribution in [0.1, 0.15) is 13.3 Å². The Balaban J connectivity index is 1.97. The van der Waals surface area contributed by atoms with E-state index in [-0.39, 0.29) is 0 Å². The molecule has 2 atom stereocenters. The molecule has 0 saturated carbocycles. The largest absolute Gasteiger partial charge is 0.374 e. The van der Waals surface area contributed by atoms with Crippen LogP contribution in [-0.2, 0) is 4.74 Å². The van der Waals surface area contributed by atoms with Gasteiger partial charge in [0.2, 0.25) is 0 Å². The molecule has 1 aliphatic rings. The van der Waals surface area contributed by atoms with Gasteiger partial charge in [-0.2, -0.15) is 0 Å². The van der Waals surface area contributed by atoms with Crippen molar-refractivity contribution in [3.8, 4) is 0 Å². The third-order valence-corrected chi connectivity index (χ3v) is 2.81. The first-order chi connectivity index (χ1) is 7.09. The van der Waals surface area contributed by atoms with Crippen molar-refractivity contribution in [2.24, 2.45) is 0 Å². The molecule has 0 bridgehead atoms. The third kappa shape index (κ3) is 4.86. The molecule has 0 aromatic carbocycles. The molecule has 0 amide bonds. The van der Waals surface area contributed by atoms with Gasteiger partial charge >= 0.3 is 0 Å². The SMILES string of the molecule is CC1CC(NCCOCC(F)F)CN1C. The lowest BCUT2D eigenvalue weighted by molar-refractivity contribution is 0.0183. The number of hydrogen-bond acceptors (Lipinski definition) is 3. The summed E-state index contributed by atoms with van der Waals surface area (Å²) in [6, 6.07) is 1.07. The summed E-state index contributed by atoms with van der Waals surface area (Å²) in [6.45, 7) is 3.77. The molecule has 1 fully saturated rings. The summed E-state index contributed by atoms with van der Waals surface area (Å²) in [5.41, 5.74) is 0. The van der Waals surface area contributed by atoms with Gasteiger partial charge in [-0.1, -0.05) is 0 Å². The summed E-state index contributed by atoms with van der Waals surface area (Å²) in [6.07, 6.45) is -1.24. The second-order valence-electron chi connectivity index (χ2n) is 4.14. The van der Waals surface area contributed by atoms with Crippen LogP contribution in [0.25, 0.3) is 0 Å². The lowest BCUT2D eigenvalue weighted by atomic mass is 10.2. The Morgan fingerprint density at radius 2 is 2.27 bits per heavy atom. The van der Waals surface area contributed by atoms with E-state index in [4.69, 9.17) is 4.74 Å². The van der Waals surface area contributed by atoms with Crippen LogP contribution < -0.4 is 5.32 Å². The van der Waals surface area contributed by atoms with Crippen LogP contribution in [-0.4, -0.2) is 56.8 Å². The lowest BCUT2D eigenvalue weighted by Gasteiger charge is -2.13. The molecular weight excluding hydrogens is 202 g/mol. The highest BCUT2D eigenvalue weighted by atomic mass is 19.3. The molecule has 2 unspecified atom stereocenters. The first kappa shape index (κ1) is 12.8. The Morgan fingerprint density at radius 1 is 1.53 bits per heavy atom. The molecule has 1 heterocycles. The first-order valence-electron chi connectivity index (χ1n) is 5.39. The van der Waals surface area contributed by atoms with E-state index in [1.165, 1.54) is 0 Å². The van der Waals surface area contributed by atoms with Crippen LogP contribution in [0.4, 0.5) is 8.78 Å². The monoisotopic (exact) mass is 222 g/mol. The third-order valence-electron chi connectivity index (χ3n) is 2.81. The lowest BCUT2D eigenvalue weighted by Crippen LogP contribution is -2.34. The van der Waals surface area contributed by atoms with Crippen LogP contribution in [0.15, 0.2) is 0 Å². The van der Waals surface area contributed by atoms with Crippen LogP contribution in [0, 0.1) is 0 Å². The Hall–Kier alpha value is -0.260. The standard InChI is InChI=1S/C10H20F2N2O/c1-8-5-9(6-14(8)2)13-3-4-15-7-10(11)12/h8-10,13H,3-7H2,1-2H3. The molecule has 1 N–H and O–H groups in total. The van der Waals surface area contributed by atoms with Gasteiger partial charge in [-0.05, 0) is 20.4 Å². The van der Waals surface area contributed by atoms with Crippen molar-refractivity contribution >= 4 is 0 Å². The molecule has 0 spiro atoms. The van der Waals surface area contributed by atoms with Gasteiger partial charge in [-0.25, -0.2) is 8.78 Å². The maximum Gasteiger partial charge on any atom is 0.261 e. The number of nitrogens with one attached hydrogen (secondary N) is 1. The Morgan fingerprint density at radius 3 is 2.80 bits per heavy atom. The predicted octanol–water partition coefficient (Wildman–Crippen LogP) is 0.950. The van der Waals surface area contributed by atoms with Gasteiger partial charge in [0.05, 0.1) is 6.61 Å². The normalized spacial score (nSPS) is 27.8. The molecule has 90 valence electrons. The minimum atomic E-state index is -2.36. The number of rotatable bonds is 6. The van der Waals surface area contributed by atoms with Crippen molar-refractivity contribution in [2.45, 2.75) is 31.9 Å². The van der Waals surface area contributed by atoms with Gasteiger partial charge in [0, 0.05) is 25.2 Å². The van der Waals surface area contributed by atoms with E-state index in [0.717, 1.165) is 13.0 Å². The maximum absolute atomic E-state index is 11.7. The van der Waals surface area contributed by atoms with Gasteiger partial charge in [-0.3, -0.25) is 0 Å². The quantitative estimate of drug-likeness (QED) is 0.677. The van der Waals surface area contributed by atoms with Crippen LogP contribution >= 0.6 is 0 Å². The highest BCUT2D eigenvalue weighted by Gasteiger charge is 2.25. The number of ether oxygens (including phenoxy) is 1. The second kappa shape index (κ2) is 6.35. The fourth-order valence-corrected chi connectivity index (χ4v) is 1.85. The molecule has 0 aromatic heterocycles. The molecular formula is C10H20F2N2O. The van der Waals surface area contributed by atoms with Crippen LogP contribution in [0.5, 0.6) is 0 Å². The molecule has 1 aliphatic heterocycles. The van der Waals surface area contributed by atoms with Crippen molar-refractivity contribution in [1.29, 1.82) is 0 Å². The number of hydrogen-bond donors (Lipinski definition) is 1. The second-order valence-corrected chi connectivity index (χ2v) is 4.14. The van der Waals surface area contributed by atoms with Gasteiger partial charge < -0.3 is 15.0 Å². The highest BCUT2D eigenvalue weighted by Crippen LogP contribution is 2.14. The van der Waals surface area contributed by atoms with Crippen molar-refractivity contribution in [1.82, 2.24) is 10.2 Å². The summed E-state index contributed by atoms with van der Waals surface area (Å²) >= 11 is 0. The summed E-state index contributed by atoms with van der Waals surface area (Å²) in [7, 11) is 2.10. The Labute approximate surface area is 89.8 Å². The molecule has 5 heteroatoms. The molecule has 3 nitrogen and oxygen atoms in total. The summed E-state index contributed by atoms with van der Waals surface area (Å²) < 4.78 is 28.2. The number of nitrogens with zero attached hydrogens (tertiary/aromatic N) is 1. The van der Waals surface area contributed by atoms with Crippen molar-refractivity contribution in [3.63, 3.8) is 0 Å². The highest BCUT2D eigenvalue weighted by molar-refractivity contribution is 4.84. The number of likely N-dealkylation sites (tertiary alicyclic amines) is 1. The van der Waals surface area contributed by atoms with E-state index in [1.807, 2.05) is 0 Å². The van der Waals surface area contributed by atoms with Crippen molar-refractivity contribution < 1.29 is 13.5 Å². The van der Waals surface area contributed by atoms with Gasteiger partial charge in [0.25, 0.3) is 6.43 Å². The average molecular weight is 222 g/mol. The van der Waals surface area contributed by atoms with Crippen LogP contribution in [0.3, 0.4) is 0 Å². The molecule has 0 aliphatic carbocycles. The Kier molecular flexibility index (Phi) is 5.42. The zero-order valence-electron chi connectivity index (χ0n) is 9.38. The maximum atomic E-state index is 11.7. The van der Waals surface area contributed by atoms with E-state index in [9.17, 15) is 8.78 Å². The van der Waals surface area contributed by atoms with Gasteiger partial charge in [0.15, 0.2) is 0 Å². The number of alkyl halides is 2. The van der Waals surface area contributed by atoms with Crippen molar-refractivity contribution in [2.75, 3.05) is 33.4 Å². The van der Waals surface area contributed by atoms with Crippen molar-refractivity contribution in [3.05, 3.63) is 0 Å². The topological polar surface area (TPSA) is 24.5 Å². The minimum Gasteiger partial charge on any atom is -0.374 e. The smallest absolute Gasteiger partial charge is 0.261 e. The van der Waals surface area contributed by atoms with E-state index < -0.39 is 13.0 Å². The van der Waals surface area contributed by atoms with Gasteiger partial charge in [0.1, 0.15) is 6.61 Å². The fraction of sp³-hybridized carbons (Fsp3) is 1.00. The van der Waals surface area contributed by atoms with E-state index in [0.29, 0.717) is 25.2 Å². The van der Waals surface area contributed by atoms with Crippen LogP contribution in [0.2, 0.25) is 0 Å². The zero-order valence-corrected chi connectivity index (χ0v) is 9.38. The molecule has 0 radical (unpaired) electrons.